The van der Waals surface area contributed by atoms with Gasteiger partial charge < -0.3 is 5.11 Å². The Hall–Kier alpha value is -0.370. The molecule has 2 heteroatoms. The number of ketones is 1. The fourth-order valence-electron chi connectivity index (χ4n) is 1.60. The first-order valence-electron chi connectivity index (χ1n) is 5.23. The highest BCUT2D eigenvalue weighted by molar-refractivity contribution is 5.80. The Kier molecular flexibility index (Phi) is 5.97. The van der Waals surface area contributed by atoms with Gasteiger partial charge in [0.25, 0.3) is 0 Å². The summed E-state index contributed by atoms with van der Waals surface area (Å²) in [5.74, 6) is 0.631. The van der Waals surface area contributed by atoms with E-state index >= 15 is 0 Å². The Morgan fingerprint density at radius 2 is 1.85 bits per heavy atom. The van der Waals surface area contributed by atoms with Gasteiger partial charge in [0.1, 0.15) is 5.78 Å². The van der Waals surface area contributed by atoms with Crippen molar-refractivity contribution in [2.45, 2.75) is 53.1 Å². The summed E-state index contributed by atoms with van der Waals surface area (Å²) in [4.78, 5) is 11.3. The number of aliphatic hydroxyl groups excluding tert-OH is 1. The van der Waals surface area contributed by atoms with Gasteiger partial charge in [0.15, 0.2) is 0 Å². The second-order valence-corrected chi connectivity index (χ2v) is 3.91. The third kappa shape index (κ3) is 4.41. The minimum Gasteiger partial charge on any atom is -0.393 e. The van der Waals surface area contributed by atoms with E-state index in [0.29, 0.717) is 12.2 Å². The topological polar surface area (TPSA) is 37.3 Å². The Bertz CT molecular complexity index is 154. The molecule has 0 aliphatic rings. The molecule has 0 saturated carbocycles. The van der Waals surface area contributed by atoms with Gasteiger partial charge in [-0.05, 0) is 18.8 Å². The number of carbonyl (C=O) groups excluding carboxylic acids is 1. The molecule has 1 N–H and O–H groups in total. The first-order chi connectivity index (χ1) is 6.02. The highest BCUT2D eigenvalue weighted by Gasteiger charge is 2.18. The van der Waals surface area contributed by atoms with E-state index in [1.54, 1.807) is 0 Å². The van der Waals surface area contributed by atoms with Crippen molar-refractivity contribution in [1.29, 1.82) is 0 Å². The Morgan fingerprint density at radius 1 is 1.31 bits per heavy atom. The zero-order chi connectivity index (χ0) is 10.4. The van der Waals surface area contributed by atoms with Crippen LogP contribution >= 0.6 is 0 Å². The molecule has 0 radical (unpaired) electrons. The van der Waals surface area contributed by atoms with Crippen LogP contribution in [0.1, 0.15) is 47.0 Å². The van der Waals surface area contributed by atoms with Crippen LogP contribution in [0, 0.1) is 11.8 Å². The monoisotopic (exact) mass is 186 g/mol. The molecule has 0 aliphatic heterocycles. The van der Waals surface area contributed by atoms with Gasteiger partial charge in [-0.15, -0.1) is 0 Å². The van der Waals surface area contributed by atoms with Gasteiger partial charge in [-0.3, -0.25) is 4.79 Å². The van der Waals surface area contributed by atoms with Crippen molar-refractivity contribution >= 4 is 5.78 Å². The maximum absolute atomic E-state index is 11.3. The lowest BCUT2D eigenvalue weighted by Gasteiger charge is -2.20. The maximum Gasteiger partial charge on any atom is 0.135 e. The van der Waals surface area contributed by atoms with Crippen molar-refractivity contribution in [3.8, 4) is 0 Å². The van der Waals surface area contributed by atoms with Crippen LogP contribution in [-0.2, 0) is 4.79 Å². The Labute approximate surface area is 81.3 Å². The molecule has 0 aromatic carbocycles. The summed E-state index contributed by atoms with van der Waals surface area (Å²) in [6.07, 6.45) is 1.93. The molecule has 0 aromatic heterocycles. The third-order valence-electron chi connectivity index (χ3n) is 2.70. The molecule has 2 nitrogen and oxygen atoms in total. The molecule has 0 amide bonds. The molecule has 3 atom stereocenters. The van der Waals surface area contributed by atoms with Crippen molar-refractivity contribution in [2.24, 2.45) is 11.8 Å². The van der Waals surface area contributed by atoms with E-state index < -0.39 is 0 Å². The molecular weight excluding hydrogens is 164 g/mol. The van der Waals surface area contributed by atoms with E-state index in [1.165, 1.54) is 0 Å². The van der Waals surface area contributed by atoms with E-state index in [0.717, 1.165) is 12.8 Å². The summed E-state index contributed by atoms with van der Waals surface area (Å²) in [6.45, 7) is 7.81. The zero-order valence-electron chi connectivity index (χ0n) is 9.21. The molecule has 0 aliphatic carbocycles. The number of rotatable bonds is 6. The second kappa shape index (κ2) is 6.14. The zero-order valence-corrected chi connectivity index (χ0v) is 9.21. The van der Waals surface area contributed by atoms with Gasteiger partial charge in [-0.2, -0.15) is 0 Å². The summed E-state index contributed by atoms with van der Waals surface area (Å²) in [7, 11) is 0. The van der Waals surface area contributed by atoms with E-state index in [2.05, 4.69) is 0 Å². The quantitative estimate of drug-likeness (QED) is 0.691. The van der Waals surface area contributed by atoms with Crippen molar-refractivity contribution in [1.82, 2.24) is 0 Å². The van der Waals surface area contributed by atoms with Gasteiger partial charge in [0.05, 0.1) is 6.10 Å². The van der Waals surface area contributed by atoms with Crippen LogP contribution in [0.5, 0.6) is 0 Å². The van der Waals surface area contributed by atoms with Crippen molar-refractivity contribution in [3.63, 3.8) is 0 Å². The Balaban J connectivity index is 3.90. The molecule has 0 spiro atoms. The summed E-state index contributed by atoms with van der Waals surface area (Å²) in [6, 6.07) is 0. The van der Waals surface area contributed by atoms with Crippen LogP contribution in [0.25, 0.3) is 0 Å². The molecule has 78 valence electrons. The molecule has 0 aromatic rings. The summed E-state index contributed by atoms with van der Waals surface area (Å²) in [5, 5.41) is 9.52. The van der Waals surface area contributed by atoms with Crippen LogP contribution in [0.2, 0.25) is 0 Å². The number of aliphatic hydroxyl groups is 1. The molecular formula is C11H22O2. The predicted molar refractivity (Wildman–Crippen MR) is 54.5 cm³/mol. The fraction of sp³-hybridized carbons (Fsp3) is 0.909. The standard InChI is InChI=1S/C11H22O2/c1-5-10(12)8(3)7-9(4)11(13)6-2/h8-10,12H,5-7H2,1-4H3/t8-,9+,10-/m0/s1. The largest absolute Gasteiger partial charge is 0.393 e. The number of hydrogen-bond donors (Lipinski definition) is 1. The summed E-state index contributed by atoms with van der Waals surface area (Å²) < 4.78 is 0. The van der Waals surface area contributed by atoms with Crippen LogP contribution in [-0.4, -0.2) is 17.0 Å². The molecule has 0 fully saturated rings. The maximum atomic E-state index is 11.3. The van der Waals surface area contributed by atoms with Crippen LogP contribution in [0.4, 0.5) is 0 Å². The average molecular weight is 186 g/mol. The van der Waals surface area contributed by atoms with Crippen LogP contribution < -0.4 is 0 Å². The highest BCUT2D eigenvalue weighted by Crippen LogP contribution is 2.18. The van der Waals surface area contributed by atoms with Gasteiger partial charge in [-0.1, -0.05) is 27.7 Å². The molecule has 13 heavy (non-hydrogen) atoms. The Morgan fingerprint density at radius 3 is 2.23 bits per heavy atom. The lowest BCUT2D eigenvalue weighted by Crippen LogP contribution is -2.22. The van der Waals surface area contributed by atoms with E-state index in [-0.39, 0.29) is 17.9 Å². The average Bonchev–Trinajstić information content (AvgIpc) is 2.14. The van der Waals surface area contributed by atoms with E-state index in [4.69, 9.17) is 0 Å². The molecule has 0 rings (SSSR count). The van der Waals surface area contributed by atoms with Gasteiger partial charge in [-0.25, -0.2) is 0 Å². The number of carbonyl (C=O) groups is 1. The minimum absolute atomic E-state index is 0.0983. The molecule has 0 heterocycles. The van der Waals surface area contributed by atoms with Crippen molar-refractivity contribution < 1.29 is 9.90 Å². The first kappa shape index (κ1) is 12.6. The highest BCUT2D eigenvalue weighted by atomic mass is 16.3. The van der Waals surface area contributed by atoms with Crippen LogP contribution in [0.15, 0.2) is 0 Å². The third-order valence-corrected chi connectivity index (χ3v) is 2.70. The minimum atomic E-state index is -0.257. The normalized spacial score (nSPS) is 17.9. The fourth-order valence-corrected chi connectivity index (χ4v) is 1.60. The summed E-state index contributed by atoms with van der Waals surface area (Å²) in [5.41, 5.74) is 0. The first-order valence-corrected chi connectivity index (χ1v) is 5.23. The molecule has 0 unspecified atom stereocenters. The predicted octanol–water partition coefficient (Wildman–Crippen LogP) is 2.40. The number of hydrogen-bond acceptors (Lipinski definition) is 2. The molecule has 0 saturated heterocycles. The lowest BCUT2D eigenvalue weighted by molar-refractivity contribution is -0.122. The van der Waals surface area contributed by atoms with Gasteiger partial charge in [0, 0.05) is 12.3 Å². The molecule has 0 bridgehead atoms. The SMILES string of the molecule is CCC(=O)[C@H](C)C[C@H](C)[C@@H](O)CC. The van der Waals surface area contributed by atoms with Crippen molar-refractivity contribution in [3.05, 3.63) is 0 Å². The summed E-state index contributed by atoms with van der Waals surface area (Å²) >= 11 is 0. The van der Waals surface area contributed by atoms with Crippen LogP contribution in [0.3, 0.4) is 0 Å². The van der Waals surface area contributed by atoms with E-state index in [9.17, 15) is 9.90 Å². The number of Topliss-reactive ketones (excluding diaryl/α,β-unsaturated/α-hetero) is 1. The van der Waals surface area contributed by atoms with Gasteiger partial charge in [0.2, 0.25) is 0 Å². The van der Waals surface area contributed by atoms with Gasteiger partial charge >= 0.3 is 0 Å². The lowest BCUT2D eigenvalue weighted by atomic mass is 9.89. The van der Waals surface area contributed by atoms with Crippen molar-refractivity contribution in [2.75, 3.05) is 0 Å². The van der Waals surface area contributed by atoms with E-state index in [1.807, 2.05) is 27.7 Å². The smallest absolute Gasteiger partial charge is 0.135 e. The second-order valence-electron chi connectivity index (χ2n) is 3.91.